The largest absolute Gasteiger partial charge is 0.168 e. The molecule has 0 amide bonds. The topological polar surface area (TPSA) is 0 Å². The molecule has 0 heterocycles. The highest BCUT2D eigenvalue weighted by molar-refractivity contribution is 7.81. The molecule has 0 aliphatic rings. The van der Waals surface area contributed by atoms with Crippen LogP contribution in [0.15, 0.2) is 24.3 Å². The van der Waals surface area contributed by atoms with Crippen molar-refractivity contribution in [3.8, 4) is 0 Å². The molecule has 0 saturated heterocycles. The van der Waals surface area contributed by atoms with Gasteiger partial charge in [0.1, 0.15) is 0 Å². The SMILES string of the molecule is CCC(C)c1ccc(C(S)(CC)CC)cc1. The summed E-state index contributed by atoms with van der Waals surface area (Å²) >= 11 is 4.82. The van der Waals surface area contributed by atoms with Crippen LogP contribution in [0.2, 0.25) is 0 Å². The van der Waals surface area contributed by atoms with Gasteiger partial charge in [-0.3, -0.25) is 0 Å². The summed E-state index contributed by atoms with van der Waals surface area (Å²) in [4.78, 5) is 0. The highest BCUT2D eigenvalue weighted by Gasteiger charge is 2.23. The molecule has 0 radical (unpaired) electrons. The number of thiol groups is 1. The minimum Gasteiger partial charge on any atom is -0.168 e. The van der Waals surface area contributed by atoms with Crippen molar-refractivity contribution in [3.05, 3.63) is 35.4 Å². The van der Waals surface area contributed by atoms with E-state index in [-0.39, 0.29) is 4.75 Å². The van der Waals surface area contributed by atoms with Crippen LogP contribution in [-0.4, -0.2) is 0 Å². The standard InChI is InChI=1S/C15H24S/c1-5-12(4)13-8-10-14(11-9-13)15(16,6-2)7-3/h8-12,16H,5-7H2,1-4H3. The van der Waals surface area contributed by atoms with Gasteiger partial charge in [0, 0.05) is 4.75 Å². The highest BCUT2D eigenvalue weighted by atomic mass is 32.1. The van der Waals surface area contributed by atoms with Gasteiger partial charge in [-0.25, -0.2) is 0 Å². The Bertz CT molecular complexity index is 309. The van der Waals surface area contributed by atoms with Crippen molar-refractivity contribution in [2.75, 3.05) is 0 Å². The second-order valence-corrected chi connectivity index (χ2v) is 5.53. The first kappa shape index (κ1) is 13.6. The third-order valence-electron chi connectivity index (χ3n) is 3.80. The Kier molecular flexibility index (Phi) is 4.91. The molecule has 0 aromatic heterocycles. The van der Waals surface area contributed by atoms with E-state index in [0.29, 0.717) is 5.92 Å². The summed E-state index contributed by atoms with van der Waals surface area (Å²) in [5.74, 6) is 0.659. The molecule has 0 aliphatic carbocycles. The third kappa shape index (κ3) is 2.82. The fraction of sp³-hybridized carbons (Fsp3) is 0.600. The van der Waals surface area contributed by atoms with Crippen molar-refractivity contribution < 1.29 is 0 Å². The molecule has 0 saturated carbocycles. The molecule has 1 rings (SSSR count). The van der Waals surface area contributed by atoms with Crippen molar-refractivity contribution in [1.29, 1.82) is 0 Å². The van der Waals surface area contributed by atoms with Crippen molar-refractivity contribution >= 4 is 12.6 Å². The maximum atomic E-state index is 4.82. The fourth-order valence-corrected chi connectivity index (χ4v) is 2.16. The molecular weight excluding hydrogens is 212 g/mol. The smallest absolute Gasteiger partial charge is 0.0373 e. The summed E-state index contributed by atoms with van der Waals surface area (Å²) in [6.45, 7) is 8.93. The van der Waals surface area contributed by atoms with Gasteiger partial charge in [0.2, 0.25) is 0 Å². The van der Waals surface area contributed by atoms with Gasteiger partial charge in [0.05, 0.1) is 0 Å². The van der Waals surface area contributed by atoms with Crippen LogP contribution >= 0.6 is 12.6 Å². The van der Waals surface area contributed by atoms with E-state index >= 15 is 0 Å². The molecule has 0 spiro atoms. The average Bonchev–Trinajstić information content (AvgIpc) is 2.37. The zero-order chi connectivity index (χ0) is 12.2. The average molecular weight is 236 g/mol. The van der Waals surface area contributed by atoms with Crippen LogP contribution in [0.25, 0.3) is 0 Å². The monoisotopic (exact) mass is 236 g/mol. The normalized spacial score (nSPS) is 13.8. The van der Waals surface area contributed by atoms with Crippen LogP contribution < -0.4 is 0 Å². The van der Waals surface area contributed by atoms with Gasteiger partial charge in [0.25, 0.3) is 0 Å². The van der Waals surface area contributed by atoms with E-state index in [1.165, 1.54) is 17.5 Å². The Morgan fingerprint density at radius 3 is 1.94 bits per heavy atom. The molecule has 1 heteroatoms. The first-order chi connectivity index (χ1) is 7.57. The number of rotatable bonds is 5. The van der Waals surface area contributed by atoms with Crippen LogP contribution in [0.3, 0.4) is 0 Å². The summed E-state index contributed by atoms with van der Waals surface area (Å²) in [7, 11) is 0. The highest BCUT2D eigenvalue weighted by Crippen LogP contribution is 2.36. The predicted molar refractivity (Wildman–Crippen MR) is 76.4 cm³/mol. The Morgan fingerprint density at radius 1 is 1.06 bits per heavy atom. The molecule has 1 aromatic rings. The lowest BCUT2D eigenvalue weighted by Crippen LogP contribution is -2.16. The maximum absolute atomic E-state index is 4.82. The lowest BCUT2D eigenvalue weighted by Gasteiger charge is -2.26. The second-order valence-electron chi connectivity index (χ2n) is 4.67. The molecule has 90 valence electrons. The van der Waals surface area contributed by atoms with E-state index in [0.717, 1.165) is 12.8 Å². The minimum atomic E-state index is 0.0496. The van der Waals surface area contributed by atoms with Crippen LogP contribution in [0.4, 0.5) is 0 Å². The molecule has 0 bridgehead atoms. The van der Waals surface area contributed by atoms with Crippen LogP contribution in [0.5, 0.6) is 0 Å². The van der Waals surface area contributed by atoms with Gasteiger partial charge in [-0.2, -0.15) is 12.6 Å². The minimum absolute atomic E-state index is 0.0496. The van der Waals surface area contributed by atoms with Crippen molar-refractivity contribution in [3.63, 3.8) is 0 Å². The van der Waals surface area contributed by atoms with Gasteiger partial charge < -0.3 is 0 Å². The van der Waals surface area contributed by atoms with Crippen molar-refractivity contribution in [1.82, 2.24) is 0 Å². The molecule has 1 unspecified atom stereocenters. The third-order valence-corrected chi connectivity index (χ3v) is 4.69. The predicted octanol–water partition coefficient (Wildman–Crippen LogP) is 5.15. The lowest BCUT2D eigenvalue weighted by molar-refractivity contribution is 0.584. The summed E-state index contributed by atoms with van der Waals surface area (Å²) < 4.78 is 0.0496. The number of hydrogen-bond donors (Lipinski definition) is 1. The summed E-state index contributed by atoms with van der Waals surface area (Å²) in [6, 6.07) is 9.03. The van der Waals surface area contributed by atoms with Gasteiger partial charge >= 0.3 is 0 Å². The van der Waals surface area contributed by atoms with Gasteiger partial charge in [0.15, 0.2) is 0 Å². The lowest BCUT2D eigenvalue weighted by atomic mass is 9.90. The van der Waals surface area contributed by atoms with Crippen molar-refractivity contribution in [2.24, 2.45) is 0 Å². The Hall–Kier alpha value is -0.430. The van der Waals surface area contributed by atoms with Crippen molar-refractivity contribution in [2.45, 2.75) is 57.6 Å². The van der Waals surface area contributed by atoms with Gasteiger partial charge in [-0.1, -0.05) is 52.0 Å². The number of hydrogen-bond acceptors (Lipinski definition) is 1. The summed E-state index contributed by atoms with van der Waals surface area (Å²) in [5, 5.41) is 0. The zero-order valence-electron chi connectivity index (χ0n) is 11.0. The fourth-order valence-electron chi connectivity index (χ4n) is 2.02. The first-order valence-corrected chi connectivity index (χ1v) is 6.84. The molecular formula is C15H24S. The first-order valence-electron chi connectivity index (χ1n) is 6.40. The Balaban J connectivity index is 2.94. The van der Waals surface area contributed by atoms with E-state index in [1.807, 2.05) is 0 Å². The van der Waals surface area contributed by atoms with Gasteiger partial charge in [-0.15, -0.1) is 0 Å². The molecule has 0 N–H and O–H groups in total. The van der Waals surface area contributed by atoms with E-state index < -0.39 is 0 Å². The van der Waals surface area contributed by atoms with E-state index in [9.17, 15) is 0 Å². The van der Waals surface area contributed by atoms with E-state index in [1.54, 1.807) is 0 Å². The summed E-state index contributed by atoms with van der Waals surface area (Å²) in [5.41, 5.74) is 2.79. The molecule has 0 nitrogen and oxygen atoms in total. The summed E-state index contributed by atoms with van der Waals surface area (Å²) in [6.07, 6.45) is 3.36. The van der Waals surface area contributed by atoms with E-state index in [2.05, 4.69) is 52.0 Å². The Labute approximate surface area is 106 Å². The zero-order valence-corrected chi connectivity index (χ0v) is 11.8. The van der Waals surface area contributed by atoms with Crippen LogP contribution in [-0.2, 0) is 4.75 Å². The van der Waals surface area contributed by atoms with Gasteiger partial charge in [-0.05, 0) is 36.3 Å². The maximum Gasteiger partial charge on any atom is 0.0373 e. The second kappa shape index (κ2) is 5.77. The quantitative estimate of drug-likeness (QED) is 0.672. The molecule has 16 heavy (non-hydrogen) atoms. The number of benzene rings is 1. The molecule has 1 atom stereocenters. The molecule has 1 aromatic carbocycles. The van der Waals surface area contributed by atoms with Crippen LogP contribution in [0.1, 0.15) is 64.0 Å². The van der Waals surface area contributed by atoms with E-state index in [4.69, 9.17) is 12.6 Å². The molecule has 0 aliphatic heterocycles. The molecule has 0 fully saturated rings. The Morgan fingerprint density at radius 2 is 1.56 bits per heavy atom. The van der Waals surface area contributed by atoms with Crippen LogP contribution in [0, 0.1) is 0 Å².